The molecule has 0 radical (unpaired) electrons. The summed E-state index contributed by atoms with van der Waals surface area (Å²) in [5.74, 6) is 0.375. The number of aliphatic imine (C=N–C) groups is 1. The third-order valence-electron chi connectivity index (χ3n) is 3.64. The van der Waals surface area contributed by atoms with E-state index in [0.29, 0.717) is 24.4 Å². The van der Waals surface area contributed by atoms with Gasteiger partial charge in [-0.3, -0.25) is 4.99 Å². The van der Waals surface area contributed by atoms with E-state index in [0.717, 1.165) is 5.17 Å². The van der Waals surface area contributed by atoms with Crippen LogP contribution in [0.25, 0.3) is 0 Å². The zero-order valence-corrected chi connectivity index (χ0v) is 15.6. The highest BCUT2D eigenvalue weighted by molar-refractivity contribution is 8.14. The van der Waals surface area contributed by atoms with Crippen LogP contribution < -0.4 is 4.72 Å². The van der Waals surface area contributed by atoms with E-state index in [4.69, 9.17) is 11.6 Å². The summed E-state index contributed by atoms with van der Waals surface area (Å²) in [6.45, 7) is 5.02. The van der Waals surface area contributed by atoms with Crippen molar-refractivity contribution in [3.05, 3.63) is 28.8 Å². The summed E-state index contributed by atoms with van der Waals surface area (Å²) < 4.78 is 26.4. The lowest BCUT2D eigenvalue weighted by Gasteiger charge is -2.34. The highest BCUT2D eigenvalue weighted by Crippen LogP contribution is 2.40. The molecule has 1 aromatic carbocycles. The monoisotopic (exact) mass is 377 g/mol. The minimum Gasteiger partial charge on any atom is -0.366 e. The molecule has 1 atom stereocenters. The van der Waals surface area contributed by atoms with Gasteiger partial charge in [-0.05, 0) is 33.0 Å². The van der Waals surface area contributed by atoms with Gasteiger partial charge in [0.1, 0.15) is 4.90 Å². The maximum absolute atomic E-state index is 12.1. The van der Waals surface area contributed by atoms with Crippen molar-refractivity contribution in [1.82, 2.24) is 9.62 Å². The van der Waals surface area contributed by atoms with Crippen LogP contribution in [0.1, 0.15) is 19.4 Å². The lowest BCUT2D eigenvalue weighted by Crippen LogP contribution is -2.45. The molecule has 0 amide bonds. The summed E-state index contributed by atoms with van der Waals surface area (Å²) in [4.78, 5) is 6.12. The van der Waals surface area contributed by atoms with Crippen molar-refractivity contribution in [2.75, 3.05) is 25.9 Å². The number of nitrogens with zero attached hydrogens (tertiary/aromatic N) is 2. The van der Waals surface area contributed by atoms with Crippen molar-refractivity contribution in [2.45, 2.75) is 24.5 Å². The van der Waals surface area contributed by atoms with Gasteiger partial charge >= 0.3 is 0 Å². The van der Waals surface area contributed by atoms with Gasteiger partial charge in [-0.1, -0.05) is 29.4 Å². The van der Waals surface area contributed by atoms with E-state index in [9.17, 15) is 13.5 Å². The maximum atomic E-state index is 12.1. The Hall–Kier alpha value is -0.800. The molecule has 128 valence electrons. The molecule has 1 aliphatic rings. The maximum Gasteiger partial charge on any atom is 0.241 e. The summed E-state index contributed by atoms with van der Waals surface area (Å²) in [5.41, 5.74) is -0.831. The Bertz CT molecular complexity index is 724. The Morgan fingerprint density at radius 1 is 1.48 bits per heavy atom. The normalized spacial score (nSPS) is 23.7. The van der Waals surface area contributed by atoms with E-state index >= 15 is 0 Å². The number of nitrogens with one attached hydrogen (secondary N) is 1. The van der Waals surface area contributed by atoms with Gasteiger partial charge in [-0.2, -0.15) is 0 Å². The van der Waals surface area contributed by atoms with E-state index in [1.165, 1.54) is 30.9 Å². The first-order valence-corrected chi connectivity index (χ1v) is 10.1. The molecule has 6 nitrogen and oxygen atoms in total. The van der Waals surface area contributed by atoms with Gasteiger partial charge in [-0.25, -0.2) is 13.1 Å². The average molecular weight is 378 g/mol. The number of sulfonamides is 1. The second kappa shape index (κ2) is 6.98. The molecule has 1 heterocycles. The minimum atomic E-state index is -3.70. The number of hydrogen-bond acceptors (Lipinski definition) is 5. The summed E-state index contributed by atoms with van der Waals surface area (Å²) in [6, 6.07) is 4.56. The van der Waals surface area contributed by atoms with E-state index in [2.05, 4.69) is 9.71 Å². The van der Waals surface area contributed by atoms with E-state index < -0.39 is 15.7 Å². The molecule has 0 bridgehead atoms. The molecule has 1 saturated heterocycles. The number of rotatable bonds is 5. The topological polar surface area (TPSA) is 82.0 Å². The van der Waals surface area contributed by atoms with E-state index in [1.807, 2.05) is 13.8 Å². The van der Waals surface area contributed by atoms with Crippen LogP contribution in [0, 0.1) is 0 Å². The van der Waals surface area contributed by atoms with Crippen molar-refractivity contribution in [3.8, 4) is 0 Å². The van der Waals surface area contributed by atoms with Crippen molar-refractivity contribution in [1.29, 1.82) is 0 Å². The molecule has 23 heavy (non-hydrogen) atoms. The van der Waals surface area contributed by atoms with Crippen LogP contribution in [0.15, 0.2) is 28.1 Å². The number of aliphatic hydroxyl groups is 1. The van der Waals surface area contributed by atoms with Gasteiger partial charge in [-0.15, -0.1) is 0 Å². The number of benzene rings is 1. The molecule has 1 aliphatic heterocycles. The third-order valence-corrected chi connectivity index (χ3v) is 6.69. The third kappa shape index (κ3) is 3.36. The number of halogens is 1. The van der Waals surface area contributed by atoms with Crippen LogP contribution in [0.4, 0.5) is 0 Å². The van der Waals surface area contributed by atoms with Crippen molar-refractivity contribution < 1.29 is 13.5 Å². The van der Waals surface area contributed by atoms with Crippen molar-refractivity contribution in [2.24, 2.45) is 4.99 Å². The molecule has 9 heteroatoms. The van der Waals surface area contributed by atoms with Crippen molar-refractivity contribution in [3.63, 3.8) is 0 Å². The lowest BCUT2D eigenvalue weighted by molar-refractivity contribution is -0.0455. The molecule has 0 saturated carbocycles. The molecule has 0 spiro atoms. The first-order chi connectivity index (χ1) is 10.8. The Morgan fingerprint density at radius 3 is 2.74 bits per heavy atom. The second-order valence-corrected chi connectivity index (χ2v) is 8.16. The fourth-order valence-corrected chi connectivity index (χ4v) is 5.01. The minimum absolute atomic E-state index is 0.0467. The number of amidine groups is 1. The van der Waals surface area contributed by atoms with Crippen LogP contribution in [0.2, 0.25) is 5.02 Å². The molecular weight excluding hydrogens is 358 g/mol. The Morgan fingerprint density at radius 2 is 2.17 bits per heavy atom. The predicted octanol–water partition coefficient (Wildman–Crippen LogP) is 1.84. The van der Waals surface area contributed by atoms with Gasteiger partial charge in [0.05, 0.1) is 10.8 Å². The number of thioether (sulfide) groups is 1. The zero-order chi connectivity index (χ0) is 17.3. The molecule has 0 aromatic heterocycles. The standard InChI is InChI=1S/C14H20ClN3O3S2/c1-4-17-13-18(5-2)14(19,9-22-13)10-6-7-11(15)12(8-10)23(20,21)16-3/h6-8,16,19H,4-5,9H2,1-3H3. The summed E-state index contributed by atoms with van der Waals surface area (Å²) in [7, 11) is -2.38. The Labute approximate surface area is 146 Å². The van der Waals surface area contributed by atoms with Gasteiger partial charge in [0, 0.05) is 18.7 Å². The molecule has 1 aromatic rings. The summed E-state index contributed by atoms with van der Waals surface area (Å²) in [5, 5.41) is 12.0. The van der Waals surface area contributed by atoms with Crippen LogP contribution >= 0.6 is 23.4 Å². The first kappa shape index (κ1) is 18.5. The number of hydrogen-bond donors (Lipinski definition) is 2. The summed E-state index contributed by atoms with van der Waals surface area (Å²) in [6.07, 6.45) is 0. The lowest BCUT2D eigenvalue weighted by atomic mass is 10.0. The largest absolute Gasteiger partial charge is 0.366 e. The predicted molar refractivity (Wildman–Crippen MR) is 94.4 cm³/mol. The zero-order valence-electron chi connectivity index (χ0n) is 13.2. The molecule has 2 N–H and O–H groups in total. The smallest absolute Gasteiger partial charge is 0.241 e. The van der Waals surface area contributed by atoms with Gasteiger partial charge in [0.25, 0.3) is 0 Å². The highest BCUT2D eigenvalue weighted by atomic mass is 35.5. The molecular formula is C14H20ClN3O3S2. The second-order valence-electron chi connectivity index (χ2n) is 4.96. The highest BCUT2D eigenvalue weighted by Gasteiger charge is 2.44. The van der Waals surface area contributed by atoms with Crippen LogP contribution in [0.5, 0.6) is 0 Å². The first-order valence-electron chi connectivity index (χ1n) is 7.21. The van der Waals surface area contributed by atoms with Crippen LogP contribution in [-0.2, 0) is 15.7 Å². The van der Waals surface area contributed by atoms with Gasteiger partial charge in [0.15, 0.2) is 10.9 Å². The van der Waals surface area contributed by atoms with Crippen LogP contribution in [-0.4, -0.2) is 49.5 Å². The molecule has 0 aliphatic carbocycles. The quantitative estimate of drug-likeness (QED) is 0.818. The van der Waals surface area contributed by atoms with Gasteiger partial charge in [0.2, 0.25) is 10.0 Å². The van der Waals surface area contributed by atoms with Crippen LogP contribution in [0.3, 0.4) is 0 Å². The fraction of sp³-hybridized carbons (Fsp3) is 0.500. The Balaban J connectivity index is 2.54. The SMILES string of the molecule is CCN=C1SCC(O)(c2ccc(Cl)c(S(=O)(=O)NC)c2)N1CC. The fourth-order valence-electron chi connectivity index (χ4n) is 2.45. The van der Waals surface area contributed by atoms with Gasteiger partial charge < -0.3 is 10.0 Å². The Kier molecular flexibility index (Phi) is 5.63. The van der Waals surface area contributed by atoms with E-state index in [-0.39, 0.29) is 9.92 Å². The van der Waals surface area contributed by atoms with E-state index in [1.54, 1.807) is 11.0 Å². The van der Waals surface area contributed by atoms with Crippen molar-refractivity contribution >= 4 is 38.6 Å². The summed E-state index contributed by atoms with van der Waals surface area (Å²) >= 11 is 7.47. The average Bonchev–Trinajstić information content (AvgIpc) is 2.85. The molecule has 1 unspecified atom stereocenters. The molecule has 2 rings (SSSR count). The molecule has 1 fully saturated rings.